The van der Waals surface area contributed by atoms with Crippen molar-refractivity contribution < 1.29 is 0 Å². The van der Waals surface area contributed by atoms with Crippen molar-refractivity contribution in [1.82, 2.24) is 24.9 Å². The summed E-state index contributed by atoms with van der Waals surface area (Å²) in [7, 11) is 0. The quantitative estimate of drug-likeness (QED) is 0.149. The number of hydrogen-bond acceptors (Lipinski definition) is 5. The topological polar surface area (TPSA) is 64.5 Å². The molecule has 14 rings (SSSR count). The van der Waals surface area contributed by atoms with Crippen molar-refractivity contribution in [3.63, 3.8) is 0 Å². The summed E-state index contributed by atoms with van der Waals surface area (Å²) < 4.78 is 0. The van der Waals surface area contributed by atoms with Crippen LogP contribution in [0.2, 0.25) is 0 Å². The van der Waals surface area contributed by atoms with Gasteiger partial charge < -0.3 is 0 Å². The molecule has 5 nitrogen and oxygen atoms in total. The minimum Gasteiger partial charge on any atom is -0.256 e. The minimum atomic E-state index is 0.941. The molecule has 0 spiro atoms. The highest BCUT2D eigenvalue weighted by atomic mass is 14.7. The Bertz CT molecular complexity index is 4160. The van der Waals surface area contributed by atoms with Crippen molar-refractivity contribution in [2.24, 2.45) is 0 Å². The maximum atomic E-state index is 5.22. The summed E-state index contributed by atoms with van der Waals surface area (Å²) in [6.07, 6.45) is 9.78. The molecule has 0 saturated heterocycles. The van der Waals surface area contributed by atoms with E-state index >= 15 is 0 Å². The zero-order valence-electron chi connectivity index (χ0n) is 38.9. The molecule has 0 fully saturated rings. The first-order valence-electron chi connectivity index (χ1n) is 24.3. The van der Waals surface area contributed by atoms with Crippen LogP contribution in [0.5, 0.6) is 0 Å². The monoisotopic (exact) mass is 915 g/mol. The number of rotatable bonds is 7. The molecule has 0 saturated carbocycles. The van der Waals surface area contributed by atoms with E-state index < -0.39 is 0 Å². The number of hydrogen-bond donors (Lipinski definition) is 0. The van der Waals surface area contributed by atoms with Gasteiger partial charge in [-0.3, -0.25) is 24.9 Å². The van der Waals surface area contributed by atoms with Crippen molar-refractivity contribution in [3.8, 4) is 78.0 Å². The molecule has 0 bridgehead atoms. The van der Waals surface area contributed by atoms with Crippen LogP contribution in [0, 0.1) is 0 Å². The SMILES string of the molecule is c1ccc(-c2ccc(-c3ccccc3-c3cc(-c4ccccc4-c4cnc5c(c4)c4ccccc4c4ncccc45)cc(-c4ccccc4-c4cnc5c(c4)c4ccccc4c4ncccc45)c3)cn2)cc1. The van der Waals surface area contributed by atoms with Crippen LogP contribution in [0.25, 0.3) is 143 Å². The van der Waals surface area contributed by atoms with Crippen LogP contribution in [-0.2, 0) is 0 Å². The highest BCUT2D eigenvalue weighted by Gasteiger charge is 2.19. The van der Waals surface area contributed by atoms with E-state index in [0.717, 1.165) is 143 Å². The fraction of sp³-hybridized carbons (Fsp3) is 0. The largest absolute Gasteiger partial charge is 0.256 e. The van der Waals surface area contributed by atoms with Gasteiger partial charge in [-0.2, -0.15) is 0 Å². The van der Waals surface area contributed by atoms with Crippen molar-refractivity contribution in [3.05, 3.63) is 249 Å². The maximum absolute atomic E-state index is 5.22. The third-order valence-electron chi connectivity index (χ3n) is 14.3. The van der Waals surface area contributed by atoms with Gasteiger partial charge in [-0.1, -0.05) is 158 Å². The number of fused-ring (bicyclic) bond motifs is 12. The van der Waals surface area contributed by atoms with Crippen LogP contribution in [-0.4, -0.2) is 24.9 Å². The third kappa shape index (κ3) is 6.90. The lowest BCUT2D eigenvalue weighted by molar-refractivity contribution is 1.32. The Balaban J connectivity index is 0.977. The van der Waals surface area contributed by atoms with Gasteiger partial charge in [0.15, 0.2) is 0 Å². The molecular formula is C67H41N5. The molecule has 5 aromatic heterocycles. The molecule has 0 amide bonds. The Morgan fingerprint density at radius 1 is 0.194 bits per heavy atom. The average molecular weight is 916 g/mol. The molecule has 72 heavy (non-hydrogen) atoms. The van der Waals surface area contributed by atoms with Gasteiger partial charge in [0.1, 0.15) is 0 Å². The standard InChI is InChI=1S/C67H41N5/c1-2-16-42(17-3-1)63-31-30-43(39-70-63)49-18-4-5-19-50(49)44-34-45(51-20-6-8-22-53(51)47-37-61-55-24-10-12-26-57(55)64-59(28-14-32-68-64)66(61)71-40-47)36-46(35-44)52-21-7-9-23-54(52)48-38-62-56-25-11-13-27-58(56)65-60(29-15-33-69-65)67(62)72-41-48/h1-41H. The zero-order chi connectivity index (χ0) is 47.5. The zero-order valence-corrected chi connectivity index (χ0v) is 38.9. The number of aromatic nitrogens is 5. The summed E-state index contributed by atoms with van der Waals surface area (Å²) in [5, 5.41) is 8.80. The third-order valence-corrected chi connectivity index (χ3v) is 14.3. The van der Waals surface area contributed by atoms with Gasteiger partial charge in [-0.25, -0.2) is 0 Å². The number of nitrogens with zero attached hydrogens (tertiary/aromatic N) is 5. The summed E-state index contributed by atoms with van der Waals surface area (Å²) in [6.45, 7) is 0. The van der Waals surface area contributed by atoms with Crippen LogP contribution >= 0.6 is 0 Å². The van der Waals surface area contributed by atoms with Gasteiger partial charge in [0.05, 0.1) is 27.8 Å². The van der Waals surface area contributed by atoms with Crippen molar-refractivity contribution in [2.75, 3.05) is 0 Å². The predicted octanol–water partition coefficient (Wildman–Crippen LogP) is 17.2. The van der Waals surface area contributed by atoms with Gasteiger partial charge in [0.2, 0.25) is 0 Å². The summed E-state index contributed by atoms with van der Waals surface area (Å²) in [4.78, 5) is 25.0. The van der Waals surface area contributed by atoms with Crippen LogP contribution in [0.4, 0.5) is 0 Å². The van der Waals surface area contributed by atoms with E-state index in [0.29, 0.717) is 0 Å². The Hall–Kier alpha value is -9.71. The van der Waals surface area contributed by atoms with E-state index in [2.05, 4.69) is 200 Å². The molecule has 0 atom stereocenters. The molecule has 9 aromatic carbocycles. The second-order valence-electron chi connectivity index (χ2n) is 18.4. The highest BCUT2D eigenvalue weighted by Crippen LogP contribution is 2.44. The predicted molar refractivity (Wildman–Crippen MR) is 299 cm³/mol. The van der Waals surface area contributed by atoms with Gasteiger partial charge in [0, 0.05) is 85.6 Å². The lowest BCUT2D eigenvalue weighted by atomic mass is 9.86. The lowest BCUT2D eigenvalue weighted by Crippen LogP contribution is -1.94. The van der Waals surface area contributed by atoms with Gasteiger partial charge in [-0.15, -0.1) is 0 Å². The van der Waals surface area contributed by atoms with Crippen molar-refractivity contribution >= 4 is 65.2 Å². The Morgan fingerprint density at radius 3 is 1.00 bits per heavy atom. The molecule has 5 heteroatoms. The van der Waals surface area contributed by atoms with Gasteiger partial charge >= 0.3 is 0 Å². The van der Waals surface area contributed by atoms with E-state index in [1.54, 1.807) is 0 Å². The minimum absolute atomic E-state index is 0.941. The van der Waals surface area contributed by atoms with Crippen LogP contribution in [0.15, 0.2) is 249 Å². The van der Waals surface area contributed by atoms with Crippen LogP contribution < -0.4 is 0 Å². The van der Waals surface area contributed by atoms with Crippen LogP contribution in [0.3, 0.4) is 0 Å². The Labute approximate surface area is 415 Å². The highest BCUT2D eigenvalue weighted by molar-refractivity contribution is 6.24. The molecule has 0 radical (unpaired) electrons. The molecule has 14 aromatic rings. The molecule has 0 unspecified atom stereocenters. The first-order valence-corrected chi connectivity index (χ1v) is 24.3. The summed E-state index contributed by atoms with van der Waals surface area (Å²) in [5.74, 6) is 0. The maximum Gasteiger partial charge on any atom is 0.0802 e. The van der Waals surface area contributed by atoms with Gasteiger partial charge in [-0.05, 0) is 122 Å². The van der Waals surface area contributed by atoms with Crippen molar-refractivity contribution in [2.45, 2.75) is 0 Å². The van der Waals surface area contributed by atoms with E-state index in [1.165, 1.54) is 0 Å². The average Bonchev–Trinajstić information content (AvgIpc) is 3.47. The lowest BCUT2D eigenvalue weighted by Gasteiger charge is -2.18. The fourth-order valence-corrected chi connectivity index (χ4v) is 10.9. The van der Waals surface area contributed by atoms with Crippen molar-refractivity contribution in [1.29, 1.82) is 0 Å². The molecule has 5 heterocycles. The molecule has 0 aliphatic heterocycles. The van der Waals surface area contributed by atoms with E-state index in [9.17, 15) is 0 Å². The normalized spacial score (nSPS) is 11.6. The Kier molecular flexibility index (Phi) is 9.78. The van der Waals surface area contributed by atoms with E-state index in [1.807, 2.05) is 49.2 Å². The number of benzene rings is 9. The summed E-state index contributed by atoms with van der Waals surface area (Å²) in [5.41, 5.74) is 18.9. The Morgan fingerprint density at radius 2 is 0.556 bits per heavy atom. The molecule has 0 N–H and O–H groups in total. The van der Waals surface area contributed by atoms with E-state index in [-0.39, 0.29) is 0 Å². The fourth-order valence-electron chi connectivity index (χ4n) is 10.9. The first kappa shape index (κ1) is 41.3. The molecule has 0 aliphatic rings. The second-order valence-corrected chi connectivity index (χ2v) is 18.4. The smallest absolute Gasteiger partial charge is 0.0802 e. The molecule has 334 valence electrons. The first-order chi connectivity index (χ1) is 35.7. The van der Waals surface area contributed by atoms with Crippen LogP contribution in [0.1, 0.15) is 0 Å². The molecular weight excluding hydrogens is 875 g/mol. The van der Waals surface area contributed by atoms with Gasteiger partial charge in [0.25, 0.3) is 0 Å². The van der Waals surface area contributed by atoms with E-state index in [4.69, 9.17) is 24.9 Å². The molecule has 0 aliphatic carbocycles. The summed E-state index contributed by atoms with van der Waals surface area (Å²) >= 11 is 0. The second kappa shape index (κ2) is 17.1. The summed E-state index contributed by atoms with van der Waals surface area (Å²) in [6, 6.07) is 77.8. The number of pyridine rings is 5.